The lowest BCUT2D eigenvalue weighted by molar-refractivity contribution is -0.125. The van der Waals surface area contributed by atoms with Crippen LogP contribution in [0.25, 0.3) is 0 Å². The Kier molecular flexibility index (Phi) is 8.95. The van der Waals surface area contributed by atoms with Crippen LogP contribution in [0.2, 0.25) is 0 Å². The second-order valence-electron chi connectivity index (χ2n) is 8.58. The summed E-state index contributed by atoms with van der Waals surface area (Å²) >= 11 is 1.19. The first-order valence-corrected chi connectivity index (χ1v) is 12.0. The third-order valence-electron chi connectivity index (χ3n) is 6.01. The minimum atomic E-state index is -4.37. The Hall–Kier alpha value is -2.16. The molecule has 0 spiro atoms. The van der Waals surface area contributed by atoms with E-state index in [1.165, 1.54) is 17.2 Å². The van der Waals surface area contributed by atoms with Gasteiger partial charge in [-0.3, -0.25) is 16.1 Å². The van der Waals surface area contributed by atoms with Gasteiger partial charge in [0.05, 0.1) is 24.0 Å². The van der Waals surface area contributed by atoms with Crippen LogP contribution < -0.4 is 32.4 Å². The summed E-state index contributed by atoms with van der Waals surface area (Å²) in [6.07, 6.45) is -3.34. The van der Waals surface area contributed by atoms with Crippen LogP contribution >= 0.6 is 11.8 Å². The van der Waals surface area contributed by atoms with Gasteiger partial charge < -0.3 is 26.2 Å². The molecule has 3 rings (SSSR count). The highest BCUT2D eigenvalue weighted by Gasteiger charge is 2.41. The van der Waals surface area contributed by atoms with E-state index in [-0.39, 0.29) is 17.8 Å². The van der Waals surface area contributed by atoms with Crippen LogP contribution in [0.1, 0.15) is 19.8 Å². The van der Waals surface area contributed by atoms with E-state index in [4.69, 9.17) is 10.5 Å². The Morgan fingerprint density at radius 3 is 2.88 bits per heavy atom. The van der Waals surface area contributed by atoms with E-state index in [1.54, 1.807) is 6.92 Å². The number of hydrazone groups is 1. The molecule has 34 heavy (non-hydrogen) atoms. The average molecular weight is 508 g/mol. The van der Waals surface area contributed by atoms with E-state index >= 15 is 0 Å². The summed E-state index contributed by atoms with van der Waals surface area (Å²) < 4.78 is 44.7. The molecule has 192 valence electrons. The first-order valence-electron chi connectivity index (χ1n) is 11.0. The number of thioether (sulfide) groups is 1. The Balaban J connectivity index is 1.76. The highest BCUT2D eigenvalue weighted by Crippen LogP contribution is 2.38. The van der Waals surface area contributed by atoms with Gasteiger partial charge in [-0.2, -0.15) is 13.2 Å². The van der Waals surface area contributed by atoms with Crippen LogP contribution in [-0.2, 0) is 4.74 Å². The monoisotopic (exact) mass is 507 g/mol. The van der Waals surface area contributed by atoms with Gasteiger partial charge in [0.25, 0.3) is 0 Å². The zero-order chi connectivity index (χ0) is 24.9. The molecule has 10 nitrogen and oxygen atoms in total. The summed E-state index contributed by atoms with van der Waals surface area (Å²) in [6, 6.07) is -0.707. The van der Waals surface area contributed by atoms with E-state index < -0.39 is 42.6 Å². The van der Waals surface area contributed by atoms with Crippen LogP contribution in [0.4, 0.5) is 18.0 Å². The quantitative estimate of drug-likeness (QED) is 0.226. The van der Waals surface area contributed by atoms with Crippen molar-refractivity contribution in [1.29, 1.82) is 0 Å². The van der Waals surface area contributed by atoms with Crippen molar-refractivity contribution < 1.29 is 27.8 Å². The zero-order valence-electron chi connectivity index (χ0n) is 18.8. The van der Waals surface area contributed by atoms with Crippen molar-refractivity contribution >= 4 is 23.7 Å². The number of nitrogens with zero attached hydrogens (tertiary/aromatic N) is 1. The van der Waals surface area contributed by atoms with Crippen molar-refractivity contribution in [2.24, 2.45) is 28.6 Å². The van der Waals surface area contributed by atoms with E-state index in [9.17, 15) is 23.1 Å². The number of amides is 2. The maximum absolute atomic E-state index is 13.0. The number of nitrogens with one attached hydrogen (secondary N) is 5. The first kappa shape index (κ1) is 26.4. The summed E-state index contributed by atoms with van der Waals surface area (Å²) in [6.45, 7) is 5.14. The number of ether oxygens (including phenoxy) is 1. The van der Waals surface area contributed by atoms with Gasteiger partial charge in [-0.1, -0.05) is 6.58 Å². The number of alkyl halides is 3. The third-order valence-corrected chi connectivity index (χ3v) is 7.01. The molecule has 3 aliphatic rings. The SMILES string of the molecule is C=CSC(NCC(F)(F)F)C1CC(NC(N)=O)NCC1C1=CNCC(C2=NNC(C(C)O)O2)C1. The first-order chi connectivity index (χ1) is 16.1. The summed E-state index contributed by atoms with van der Waals surface area (Å²) in [5.74, 6) is -0.0382. The zero-order valence-corrected chi connectivity index (χ0v) is 19.6. The molecule has 0 saturated carbocycles. The molecule has 0 aromatic heterocycles. The third kappa shape index (κ3) is 7.17. The summed E-state index contributed by atoms with van der Waals surface area (Å²) in [5, 5.41) is 26.6. The molecule has 3 aliphatic heterocycles. The van der Waals surface area contributed by atoms with Crippen molar-refractivity contribution in [2.75, 3.05) is 19.6 Å². The lowest BCUT2D eigenvalue weighted by Crippen LogP contribution is -2.58. The van der Waals surface area contributed by atoms with Gasteiger partial charge in [0.15, 0.2) is 0 Å². The Labute approximate surface area is 200 Å². The molecule has 7 unspecified atom stereocenters. The number of rotatable bonds is 9. The molecule has 1 fully saturated rings. The standard InChI is InChI=1S/C20H32F3N7O3S/c1-3-34-18(27-9-20(21,22)23)13-5-15(28-19(24)32)26-8-14(13)11-4-12(7-25-6-11)17-30-29-16(33-17)10(2)31/h3,6,10,12-16,18,25-27,29,31H,1,4-5,7-9H2,2H3,(H3,24,28,32). The summed E-state index contributed by atoms with van der Waals surface area (Å²) in [4.78, 5) is 11.4. The molecular formula is C20H32F3N7O3S. The lowest BCUT2D eigenvalue weighted by Gasteiger charge is -2.43. The molecule has 0 radical (unpaired) electrons. The second-order valence-corrected chi connectivity index (χ2v) is 9.70. The maximum Gasteiger partial charge on any atom is 0.401 e. The number of hydrogen-bond acceptors (Lipinski definition) is 9. The smallest absolute Gasteiger partial charge is 0.401 e. The van der Waals surface area contributed by atoms with Gasteiger partial charge in [-0.25, -0.2) is 4.79 Å². The van der Waals surface area contributed by atoms with E-state index in [1.807, 2.05) is 6.20 Å². The largest absolute Gasteiger partial charge is 0.451 e. The molecule has 0 aliphatic carbocycles. The molecule has 3 heterocycles. The van der Waals surface area contributed by atoms with E-state index in [0.717, 1.165) is 5.57 Å². The fourth-order valence-corrected chi connectivity index (χ4v) is 5.36. The number of hydrogen-bond donors (Lipinski definition) is 7. The number of urea groups is 1. The fraction of sp³-hybridized carbons (Fsp3) is 0.700. The van der Waals surface area contributed by atoms with Crippen LogP contribution in [0.3, 0.4) is 0 Å². The molecule has 0 bridgehead atoms. The molecule has 0 aromatic rings. The Morgan fingerprint density at radius 1 is 1.50 bits per heavy atom. The highest BCUT2D eigenvalue weighted by molar-refractivity contribution is 8.02. The molecule has 2 amide bonds. The van der Waals surface area contributed by atoms with Gasteiger partial charge in [0.1, 0.15) is 6.10 Å². The van der Waals surface area contributed by atoms with Gasteiger partial charge in [0.2, 0.25) is 12.1 Å². The second kappa shape index (κ2) is 11.5. The van der Waals surface area contributed by atoms with Crippen molar-refractivity contribution in [3.63, 3.8) is 0 Å². The number of carbonyl (C=O) groups is 1. The van der Waals surface area contributed by atoms with Crippen molar-refractivity contribution in [3.8, 4) is 0 Å². The predicted molar refractivity (Wildman–Crippen MR) is 123 cm³/mol. The summed E-state index contributed by atoms with van der Waals surface area (Å²) in [5.41, 5.74) is 9.04. The number of halogens is 3. The van der Waals surface area contributed by atoms with Crippen molar-refractivity contribution in [1.82, 2.24) is 26.7 Å². The van der Waals surface area contributed by atoms with Crippen LogP contribution in [0.15, 0.2) is 28.9 Å². The minimum Gasteiger partial charge on any atom is -0.451 e. The number of piperidine rings is 1. The van der Waals surface area contributed by atoms with E-state index in [0.29, 0.717) is 31.8 Å². The summed E-state index contributed by atoms with van der Waals surface area (Å²) in [7, 11) is 0. The molecule has 14 heteroatoms. The Bertz CT molecular complexity index is 796. The molecule has 7 atom stereocenters. The van der Waals surface area contributed by atoms with Crippen LogP contribution in [-0.4, -0.2) is 66.7 Å². The average Bonchev–Trinajstić information content (AvgIpc) is 3.26. The Morgan fingerprint density at radius 2 is 2.26 bits per heavy atom. The van der Waals surface area contributed by atoms with Gasteiger partial charge in [-0.15, -0.1) is 16.9 Å². The topological polar surface area (TPSA) is 145 Å². The van der Waals surface area contributed by atoms with Gasteiger partial charge >= 0.3 is 12.2 Å². The van der Waals surface area contributed by atoms with Crippen LogP contribution in [0, 0.1) is 17.8 Å². The molecule has 1 saturated heterocycles. The number of carbonyl (C=O) groups excluding carboxylic acids is 1. The van der Waals surface area contributed by atoms with Crippen molar-refractivity contribution in [3.05, 3.63) is 23.8 Å². The number of aliphatic hydroxyl groups is 1. The normalized spacial score (nSPS) is 31.1. The molecule has 8 N–H and O–H groups in total. The fourth-order valence-electron chi connectivity index (χ4n) is 4.47. The van der Waals surface area contributed by atoms with E-state index in [2.05, 4.69) is 38.4 Å². The highest BCUT2D eigenvalue weighted by atomic mass is 32.2. The predicted octanol–water partition coefficient (Wildman–Crippen LogP) is 0.695. The minimum absolute atomic E-state index is 0.105. The number of primary amides is 1. The lowest BCUT2D eigenvalue weighted by atomic mass is 9.76. The maximum atomic E-state index is 13.0. The molecule has 0 aromatic carbocycles. The number of nitrogens with two attached hydrogens (primary N) is 1. The van der Waals surface area contributed by atoms with Crippen molar-refractivity contribution in [2.45, 2.75) is 49.8 Å². The van der Waals surface area contributed by atoms with Gasteiger partial charge in [-0.05, 0) is 48.8 Å². The molecular weight excluding hydrogens is 475 g/mol. The number of aliphatic hydroxyl groups excluding tert-OH is 1. The van der Waals surface area contributed by atoms with Gasteiger partial charge in [0, 0.05) is 13.1 Å². The van der Waals surface area contributed by atoms with Crippen LogP contribution in [0.5, 0.6) is 0 Å².